The number of ether oxygens (including phenoxy) is 3. The molecule has 0 radical (unpaired) electrons. The third-order valence-corrected chi connectivity index (χ3v) is 23.4. The Morgan fingerprint density at radius 3 is 1.45 bits per heavy atom. The number of nitrogens with one attached hydrogen (secondary N) is 5. The van der Waals surface area contributed by atoms with Crippen molar-refractivity contribution in [2.24, 2.45) is 17.8 Å². The maximum absolute atomic E-state index is 12.5. The third-order valence-electron chi connectivity index (χ3n) is 23.4. The van der Waals surface area contributed by atoms with Crippen LogP contribution in [0.1, 0.15) is 293 Å². The van der Waals surface area contributed by atoms with Crippen LogP contribution >= 0.6 is 0 Å². The van der Waals surface area contributed by atoms with Crippen LogP contribution < -0.4 is 69.7 Å². The van der Waals surface area contributed by atoms with Crippen molar-refractivity contribution in [3.05, 3.63) is 61.5 Å². The molecule has 3 aliphatic rings. The van der Waals surface area contributed by atoms with Crippen molar-refractivity contribution in [1.82, 2.24) is 93.7 Å². The van der Waals surface area contributed by atoms with Crippen molar-refractivity contribution in [2.75, 3.05) is 102 Å². The molecule has 3 saturated heterocycles. The van der Waals surface area contributed by atoms with Gasteiger partial charge in [-0.05, 0) is 186 Å². The summed E-state index contributed by atoms with van der Waals surface area (Å²) >= 11 is 0. The van der Waals surface area contributed by atoms with Crippen molar-refractivity contribution in [3.63, 3.8) is 0 Å². The van der Waals surface area contributed by atoms with Gasteiger partial charge in [-0.15, -0.1) is 0 Å². The number of benzene rings is 1. The van der Waals surface area contributed by atoms with E-state index in [1.54, 1.807) is 13.7 Å². The number of carbonyl (C=O) groups is 1. The molecule has 31 nitrogen and oxygen atoms in total. The Balaban J connectivity index is 0.000000259. The van der Waals surface area contributed by atoms with Gasteiger partial charge in [0.15, 0.2) is 40.2 Å². The Labute approximate surface area is 741 Å². The number of nitrogen functional groups attached to an aromatic ring is 4. The van der Waals surface area contributed by atoms with Gasteiger partial charge < -0.3 is 77.4 Å². The minimum Gasteiger partial charge on any atom is -0.463 e. The number of nitrogens with two attached hydrogens (primary N) is 4. The summed E-state index contributed by atoms with van der Waals surface area (Å²) in [5.74, 6) is 3.85. The van der Waals surface area contributed by atoms with Crippen molar-refractivity contribution >= 4 is 84.6 Å². The zero-order valence-corrected chi connectivity index (χ0v) is 76.7. The highest BCUT2D eigenvalue weighted by Crippen LogP contribution is 2.31. The second-order valence-electron chi connectivity index (χ2n) is 33.3. The topological polar surface area (TPSA) is 410 Å². The molecule has 0 bridgehead atoms. The average Bonchev–Trinajstić information content (AvgIpc) is 1.62. The van der Waals surface area contributed by atoms with Gasteiger partial charge in [0.1, 0.15) is 40.0 Å². The first kappa shape index (κ1) is 103. The number of hydrogen-bond donors (Lipinski definition) is 9. The van der Waals surface area contributed by atoms with Gasteiger partial charge in [-0.3, -0.25) is 18.5 Å². The Hall–Kier alpha value is -8.52. The average molecular weight is 1760 g/mol. The maximum atomic E-state index is 12.5. The number of anilines is 4. The molecule has 1 aromatic carbocycles. The molecule has 1 atom stereocenters. The minimum absolute atomic E-state index is 0. The Kier molecular flexibility index (Phi) is 47.4. The molecule has 0 unspecified atom stereocenters. The number of hydrogen-bond acceptors (Lipinski definition) is 23. The van der Waals surface area contributed by atoms with E-state index in [-0.39, 0.29) is 96.8 Å². The summed E-state index contributed by atoms with van der Waals surface area (Å²) in [6.45, 7) is 30.2. The van der Waals surface area contributed by atoms with Crippen LogP contribution in [-0.2, 0) is 30.8 Å². The summed E-state index contributed by atoms with van der Waals surface area (Å²) in [7, 11) is 0. The summed E-state index contributed by atoms with van der Waals surface area (Å²) < 4.78 is 23.9. The predicted octanol–water partition coefficient (Wildman–Crippen LogP) is 14.3. The number of amides is 1. The van der Waals surface area contributed by atoms with Crippen molar-refractivity contribution in [2.45, 2.75) is 320 Å². The number of aromatic nitrogens is 15. The zero-order chi connectivity index (χ0) is 85.4. The van der Waals surface area contributed by atoms with E-state index in [4.69, 9.17) is 47.0 Å². The quantitative estimate of drug-likeness (QED) is 0.0160. The number of aromatic amines is 3. The molecule has 11 heterocycles. The van der Waals surface area contributed by atoms with Crippen LogP contribution in [0.4, 0.5) is 23.3 Å². The molecule has 33 heteroatoms. The van der Waals surface area contributed by atoms with Gasteiger partial charge >= 0.3 is 35.1 Å². The van der Waals surface area contributed by atoms with Crippen LogP contribution in [0.2, 0.25) is 0 Å². The van der Waals surface area contributed by atoms with E-state index >= 15 is 0 Å². The van der Waals surface area contributed by atoms with Crippen molar-refractivity contribution in [3.8, 4) is 18.0 Å². The molecule has 3 fully saturated rings. The molecule has 8 aromatic heterocycles. The number of unbranched alkanes of at least 4 members (excludes halogenated alkanes) is 18. The van der Waals surface area contributed by atoms with Gasteiger partial charge in [-0.25, -0.2) is 24.4 Å². The highest BCUT2D eigenvalue weighted by Gasteiger charge is 2.27. The molecule has 1 amide bonds. The van der Waals surface area contributed by atoms with Crippen LogP contribution in [0.25, 0.3) is 55.4 Å². The first-order valence-corrected chi connectivity index (χ1v) is 46.3. The van der Waals surface area contributed by atoms with E-state index in [0.717, 1.165) is 203 Å². The number of para-hydroxylation sites is 1. The third kappa shape index (κ3) is 32.4. The fraction of sp³-hybridized carbons (Fsp3) is 0.711. The SMILES string of the molecule is C.CCCCCCCCCCCCCCCCCC(=O)NCCCCOn1c(CCCC)nc2c(N)nc3ccccc3c21.CCCCOc1nc(N)c2[nH]c(=O)n(CC3CCN(CCC)CC3)c2n1.CCCCOc1nc(N)c2[nH]c(=O)n(CCC3CCNCC3)c2n1.CCC[C@H](C)Oc1nc(N)c2[nH]c(=O)n(CC3CCN(CCC)CC3)c2n1.[ClH2+].[ClH2+]. The smallest absolute Gasteiger partial charge is 0.327 e. The number of likely N-dealkylation sites (tertiary alicyclic amines) is 2. The number of rotatable bonds is 48. The highest BCUT2D eigenvalue weighted by atomic mass is 35.5. The van der Waals surface area contributed by atoms with Crippen LogP contribution in [0.5, 0.6) is 18.0 Å². The number of aryl methyl sites for hydroxylation is 2. The lowest BCUT2D eigenvalue weighted by molar-refractivity contribution is -0.121. The summed E-state index contributed by atoms with van der Waals surface area (Å²) in [6.07, 6.45) is 41.3. The van der Waals surface area contributed by atoms with Crippen LogP contribution in [0, 0.1) is 42.6 Å². The van der Waals surface area contributed by atoms with Crippen molar-refractivity contribution < 1.29 is 48.7 Å². The number of H-pyrrole nitrogens is 3. The van der Waals surface area contributed by atoms with Crippen molar-refractivity contribution in [1.29, 1.82) is 0 Å². The van der Waals surface area contributed by atoms with Gasteiger partial charge in [0.2, 0.25) is 5.91 Å². The molecular weight excluding hydrogens is 1600 g/mol. The van der Waals surface area contributed by atoms with E-state index in [9.17, 15) is 19.2 Å². The summed E-state index contributed by atoms with van der Waals surface area (Å²) in [5.41, 5.74) is 29.3. The molecular formula is C90H155Cl2N23O8+2. The molecule has 12 rings (SSSR count). The predicted molar refractivity (Wildman–Crippen MR) is 496 cm³/mol. The highest BCUT2D eigenvalue weighted by molar-refractivity contribution is 6.06. The fourth-order valence-corrected chi connectivity index (χ4v) is 16.3. The van der Waals surface area contributed by atoms with Gasteiger partial charge in [-0.1, -0.05) is 190 Å². The first-order chi connectivity index (χ1) is 58.5. The van der Waals surface area contributed by atoms with E-state index in [1.165, 1.54) is 96.3 Å². The van der Waals surface area contributed by atoms with Crippen LogP contribution in [-0.4, -0.2) is 174 Å². The van der Waals surface area contributed by atoms with Crippen LogP contribution in [0.3, 0.4) is 0 Å². The number of nitrogens with zero attached hydrogens (tertiary/aromatic N) is 14. The van der Waals surface area contributed by atoms with Gasteiger partial charge in [0, 0.05) is 44.4 Å². The largest absolute Gasteiger partial charge is 0.463 e. The number of carbonyl (C=O) groups excluding carboxylic acids is 1. The second-order valence-corrected chi connectivity index (χ2v) is 33.3. The number of imidazole rings is 4. The molecule has 13 N–H and O–H groups in total. The molecule has 3 aliphatic heterocycles. The first-order valence-electron chi connectivity index (χ1n) is 46.3. The van der Waals surface area contributed by atoms with Crippen LogP contribution in [0.15, 0.2) is 38.6 Å². The number of pyridine rings is 1. The summed E-state index contributed by atoms with van der Waals surface area (Å²) in [5, 5.41) is 7.44. The Morgan fingerprint density at radius 2 is 0.951 bits per heavy atom. The maximum Gasteiger partial charge on any atom is 0.327 e. The fourth-order valence-electron chi connectivity index (χ4n) is 16.3. The second kappa shape index (κ2) is 56.4. The lowest BCUT2D eigenvalue weighted by atomic mass is 9.95. The molecule has 0 saturated carbocycles. The summed E-state index contributed by atoms with van der Waals surface area (Å²) in [6, 6.07) is 8.71. The lowest BCUT2D eigenvalue weighted by Gasteiger charge is -2.31. The molecule has 0 spiro atoms. The van der Waals surface area contributed by atoms with Gasteiger partial charge in [-0.2, -0.15) is 34.6 Å². The number of fused-ring (bicyclic) bond motifs is 6. The van der Waals surface area contributed by atoms with Gasteiger partial charge in [0.05, 0.1) is 49.6 Å². The van der Waals surface area contributed by atoms with E-state index in [0.29, 0.717) is 115 Å². The zero-order valence-electron chi connectivity index (χ0n) is 74.9. The van der Waals surface area contributed by atoms with E-state index in [2.05, 4.69) is 119 Å². The Bertz CT molecular complexity index is 4670. The van der Waals surface area contributed by atoms with E-state index in [1.807, 2.05) is 35.9 Å². The Morgan fingerprint density at radius 1 is 0.488 bits per heavy atom. The number of piperidine rings is 3. The van der Waals surface area contributed by atoms with Gasteiger partial charge in [0.25, 0.3) is 0 Å². The normalized spacial score (nSPS) is 14.4. The lowest BCUT2D eigenvalue weighted by Crippen LogP contribution is -2.36. The standard InChI is InChI=1S/C36H59N5O2.C19H32N6O2.C18H30N6O2.C16H26N6O2.CH4.2ClH2/c1-3-5-7-8-9-10-11-12-13-14-15-16-17-18-19-27-33(42)38-28-22-23-29-43-41-32(26-6-4-2)40-34-35(41)30-24-20-21-25-31(30)39-36(34)37;1-4-6-13(3)27-18-22-16(20)15-17(23-18)25(19(26)21-15)12-14-7-10-24(9-5-2)11-8-14;1-3-5-11-26-17-21-15(19)14-16(22-17)24(18(25)20-14)12-13-6-9-23(8-4-2)10-7-13;1-2-3-10-24-15-20-13(17)12-14(21-15)22(16(23)19-12)9-6-11-4-7-18-8-5-11;;;/h20-21,24-25H,3-19,22-23,26-29H2,1-2H3,(H2,37,39)(H,38,42);13-14H,4-12H2,1-3H3,(H,21,26)(H2,20,22,23);13H,3-12H2,1-2H3,(H,20,25)(H2,19,21,22);11,18H,2-10H2,1H3,(H,19,23)(H2,17,20,21);1H4;2*1H2/q;;;;;2*+1/t;13-;;;;;/m.0...../s1. The molecule has 690 valence electrons. The summed E-state index contributed by atoms with van der Waals surface area (Å²) in [4.78, 5) is 104. The number of halogens is 2. The van der Waals surface area contributed by atoms with E-state index < -0.39 is 0 Å². The minimum atomic E-state index is -0.189. The molecule has 123 heavy (non-hydrogen) atoms. The monoisotopic (exact) mass is 1760 g/mol. The molecule has 9 aromatic rings. The molecule has 0 aliphatic carbocycles.